The molecule has 0 aliphatic rings. The predicted molar refractivity (Wildman–Crippen MR) is 84.6 cm³/mol. The van der Waals surface area contributed by atoms with Crippen LogP contribution in [0.2, 0.25) is 0 Å². The van der Waals surface area contributed by atoms with Crippen LogP contribution in [0, 0.1) is 6.92 Å². The van der Waals surface area contributed by atoms with Crippen LogP contribution in [-0.4, -0.2) is 12.5 Å². The molecule has 21 heavy (non-hydrogen) atoms. The summed E-state index contributed by atoms with van der Waals surface area (Å²) in [6.45, 7) is 5.22. The van der Waals surface area contributed by atoms with Crippen LogP contribution in [0.15, 0.2) is 42.5 Å². The number of para-hydroxylation sites is 1. The number of ether oxygens (including phenoxy) is 1. The van der Waals surface area contributed by atoms with E-state index >= 15 is 0 Å². The minimum absolute atomic E-state index is 0.411. The fourth-order valence-corrected chi connectivity index (χ4v) is 2.15. The summed E-state index contributed by atoms with van der Waals surface area (Å²) in [5, 5.41) is 3.36. The number of hydrogen-bond acceptors (Lipinski definition) is 3. The van der Waals surface area contributed by atoms with E-state index in [1.807, 2.05) is 44.2 Å². The fraction of sp³-hybridized carbons (Fsp3) is 0.235. The Kier molecular flexibility index (Phi) is 4.82. The zero-order valence-electron chi connectivity index (χ0n) is 12.3. The van der Waals surface area contributed by atoms with Crippen molar-refractivity contribution in [2.45, 2.75) is 20.4 Å². The fourth-order valence-electron chi connectivity index (χ4n) is 2.15. The zero-order valence-corrected chi connectivity index (χ0v) is 12.3. The smallest absolute Gasteiger partial charge is 0.248 e. The number of hydrogen-bond donors (Lipinski definition) is 2. The van der Waals surface area contributed by atoms with Crippen molar-refractivity contribution >= 4 is 11.6 Å². The van der Waals surface area contributed by atoms with E-state index in [4.69, 9.17) is 10.5 Å². The first-order valence-corrected chi connectivity index (χ1v) is 6.97. The molecule has 0 unspecified atom stereocenters. The second-order valence-corrected chi connectivity index (χ2v) is 4.79. The molecule has 0 bridgehead atoms. The Bertz CT molecular complexity index is 638. The van der Waals surface area contributed by atoms with Gasteiger partial charge < -0.3 is 15.8 Å². The predicted octanol–water partition coefficient (Wildman–Crippen LogP) is 3.10. The third kappa shape index (κ3) is 3.75. The summed E-state index contributed by atoms with van der Waals surface area (Å²) < 4.78 is 5.61. The highest BCUT2D eigenvalue weighted by Gasteiger charge is 2.06. The van der Waals surface area contributed by atoms with Gasteiger partial charge in [0, 0.05) is 23.4 Å². The van der Waals surface area contributed by atoms with Crippen molar-refractivity contribution in [1.29, 1.82) is 0 Å². The molecular formula is C17H20N2O2. The second-order valence-electron chi connectivity index (χ2n) is 4.79. The van der Waals surface area contributed by atoms with Gasteiger partial charge in [0.15, 0.2) is 0 Å². The first-order valence-electron chi connectivity index (χ1n) is 6.97. The van der Waals surface area contributed by atoms with E-state index in [1.165, 1.54) is 0 Å². The molecule has 0 aliphatic carbocycles. The molecule has 0 saturated carbocycles. The molecule has 1 amide bonds. The summed E-state index contributed by atoms with van der Waals surface area (Å²) in [4.78, 5) is 11.1. The molecule has 0 fully saturated rings. The Balaban J connectivity index is 2.11. The van der Waals surface area contributed by atoms with Gasteiger partial charge in [-0.25, -0.2) is 0 Å². The van der Waals surface area contributed by atoms with E-state index in [9.17, 15) is 4.79 Å². The van der Waals surface area contributed by atoms with Gasteiger partial charge in [0.1, 0.15) is 5.75 Å². The van der Waals surface area contributed by atoms with E-state index in [0.29, 0.717) is 18.7 Å². The molecule has 0 saturated heterocycles. The maximum absolute atomic E-state index is 11.1. The Morgan fingerprint density at radius 2 is 2.00 bits per heavy atom. The van der Waals surface area contributed by atoms with Crippen LogP contribution in [-0.2, 0) is 6.54 Å². The van der Waals surface area contributed by atoms with Gasteiger partial charge in [-0.05, 0) is 43.7 Å². The number of carbonyl (C=O) groups excluding carboxylic acids is 1. The molecule has 0 aromatic heterocycles. The Morgan fingerprint density at radius 3 is 2.67 bits per heavy atom. The van der Waals surface area contributed by atoms with Crippen molar-refractivity contribution in [3.63, 3.8) is 0 Å². The summed E-state index contributed by atoms with van der Waals surface area (Å²) in [7, 11) is 0. The van der Waals surface area contributed by atoms with Crippen LogP contribution in [0.1, 0.15) is 28.4 Å². The maximum atomic E-state index is 11.1. The summed E-state index contributed by atoms with van der Waals surface area (Å²) in [5.74, 6) is 0.477. The lowest BCUT2D eigenvalue weighted by atomic mass is 10.1. The van der Waals surface area contributed by atoms with Crippen molar-refractivity contribution in [1.82, 2.24) is 0 Å². The molecule has 2 aromatic rings. The van der Waals surface area contributed by atoms with Crippen LogP contribution in [0.3, 0.4) is 0 Å². The highest BCUT2D eigenvalue weighted by molar-refractivity contribution is 5.93. The van der Waals surface area contributed by atoms with Crippen molar-refractivity contribution < 1.29 is 9.53 Å². The summed E-state index contributed by atoms with van der Waals surface area (Å²) in [6, 6.07) is 13.3. The Labute approximate surface area is 124 Å². The Morgan fingerprint density at radius 1 is 1.24 bits per heavy atom. The molecule has 110 valence electrons. The minimum atomic E-state index is -0.411. The van der Waals surface area contributed by atoms with Crippen molar-refractivity contribution in [2.24, 2.45) is 5.73 Å². The summed E-state index contributed by atoms with van der Waals surface area (Å²) >= 11 is 0. The highest BCUT2D eigenvalue weighted by Crippen LogP contribution is 2.21. The van der Waals surface area contributed by atoms with E-state index in [0.717, 1.165) is 22.6 Å². The number of aryl methyl sites for hydroxylation is 1. The molecule has 4 heteroatoms. The van der Waals surface area contributed by atoms with Gasteiger partial charge in [0.25, 0.3) is 0 Å². The third-order valence-corrected chi connectivity index (χ3v) is 3.25. The lowest BCUT2D eigenvalue weighted by Gasteiger charge is -2.13. The average Bonchev–Trinajstić information content (AvgIpc) is 2.47. The van der Waals surface area contributed by atoms with Crippen LogP contribution in [0.4, 0.5) is 5.69 Å². The van der Waals surface area contributed by atoms with Gasteiger partial charge in [-0.15, -0.1) is 0 Å². The topological polar surface area (TPSA) is 64.3 Å². The summed E-state index contributed by atoms with van der Waals surface area (Å²) in [6.07, 6.45) is 0. The number of nitrogens with two attached hydrogens (primary N) is 1. The monoisotopic (exact) mass is 284 g/mol. The molecule has 0 radical (unpaired) electrons. The number of primary amides is 1. The normalized spacial score (nSPS) is 10.2. The summed E-state index contributed by atoms with van der Waals surface area (Å²) in [5.41, 5.74) is 8.86. The van der Waals surface area contributed by atoms with Crippen LogP contribution >= 0.6 is 0 Å². The molecule has 2 aromatic carbocycles. The van der Waals surface area contributed by atoms with Gasteiger partial charge in [-0.1, -0.05) is 18.2 Å². The van der Waals surface area contributed by atoms with Crippen molar-refractivity contribution in [3.8, 4) is 5.75 Å². The number of carbonyl (C=O) groups is 1. The van der Waals surface area contributed by atoms with Crippen molar-refractivity contribution in [3.05, 3.63) is 59.2 Å². The first kappa shape index (κ1) is 14.9. The van der Waals surface area contributed by atoms with Gasteiger partial charge in [0.05, 0.1) is 6.61 Å². The molecule has 2 rings (SSSR count). The SMILES string of the molecule is CCOc1ccccc1CNc1ccc(C(N)=O)cc1C. The molecule has 0 aliphatic heterocycles. The molecule has 0 spiro atoms. The third-order valence-electron chi connectivity index (χ3n) is 3.25. The lowest BCUT2D eigenvalue weighted by Crippen LogP contribution is -2.11. The van der Waals surface area contributed by atoms with E-state index in [1.54, 1.807) is 12.1 Å². The number of nitrogens with one attached hydrogen (secondary N) is 1. The van der Waals surface area contributed by atoms with Crippen LogP contribution < -0.4 is 15.8 Å². The standard InChI is InChI=1S/C17H20N2O2/c1-3-21-16-7-5-4-6-14(16)11-19-15-9-8-13(17(18)20)10-12(15)2/h4-10,19H,3,11H2,1-2H3,(H2,18,20). The van der Waals surface area contributed by atoms with Gasteiger partial charge in [-0.3, -0.25) is 4.79 Å². The zero-order chi connectivity index (χ0) is 15.2. The first-order chi connectivity index (χ1) is 10.1. The minimum Gasteiger partial charge on any atom is -0.494 e. The largest absolute Gasteiger partial charge is 0.494 e. The lowest BCUT2D eigenvalue weighted by molar-refractivity contribution is 0.1000. The number of anilines is 1. The molecule has 3 N–H and O–H groups in total. The Hall–Kier alpha value is -2.49. The number of amides is 1. The van der Waals surface area contributed by atoms with Gasteiger partial charge in [0.2, 0.25) is 5.91 Å². The van der Waals surface area contributed by atoms with Crippen LogP contribution in [0.25, 0.3) is 0 Å². The number of rotatable bonds is 6. The van der Waals surface area contributed by atoms with Crippen molar-refractivity contribution in [2.75, 3.05) is 11.9 Å². The maximum Gasteiger partial charge on any atom is 0.248 e. The second kappa shape index (κ2) is 6.79. The van der Waals surface area contributed by atoms with E-state index < -0.39 is 5.91 Å². The molecule has 4 nitrogen and oxygen atoms in total. The van der Waals surface area contributed by atoms with Gasteiger partial charge in [-0.2, -0.15) is 0 Å². The number of benzene rings is 2. The highest BCUT2D eigenvalue weighted by atomic mass is 16.5. The molecule has 0 atom stereocenters. The van der Waals surface area contributed by atoms with Crippen LogP contribution in [0.5, 0.6) is 5.75 Å². The van der Waals surface area contributed by atoms with Gasteiger partial charge >= 0.3 is 0 Å². The average molecular weight is 284 g/mol. The quantitative estimate of drug-likeness (QED) is 0.856. The van der Waals surface area contributed by atoms with E-state index in [-0.39, 0.29) is 0 Å². The van der Waals surface area contributed by atoms with E-state index in [2.05, 4.69) is 5.32 Å². The molecular weight excluding hydrogens is 264 g/mol. The molecule has 0 heterocycles.